The molecule has 2 rings (SSSR count). The maximum Gasteiger partial charge on any atom is 0.215 e. The normalized spacial score (nSPS) is 23.1. The summed E-state index contributed by atoms with van der Waals surface area (Å²) in [7, 11) is -1.75. The monoisotopic (exact) mass is 335 g/mol. The van der Waals surface area contributed by atoms with E-state index < -0.39 is 10.0 Å². The maximum absolute atomic E-state index is 12.1. The third-order valence-corrected chi connectivity index (χ3v) is 6.12. The Morgan fingerprint density at radius 1 is 1.50 bits per heavy atom. The lowest BCUT2D eigenvalue weighted by atomic mass is 10.0. The van der Waals surface area contributed by atoms with Gasteiger partial charge in [0.1, 0.15) is 0 Å². The van der Waals surface area contributed by atoms with Gasteiger partial charge in [0.05, 0.1) is 11.4 Å². The second kappa shape index (κ2) is 6.66. The van der Waals surface area contributed by atoms with Gasteiger partial charge in [-0.2, -0.15) is 11.8 Å². The van der Waals surface area contributed by atoms with Crippen molar-refractivity contribution in [2.45, 2.75) is 17.8 Å². The smallest absolute Gasteiger partial charge is 0.215 e. The van der Waals surface area contributed by atoms with Crippen LogP contribution < -0.4 is 4.72 Å². The Bertz CT molecular complexity index is 556. The summed E-state index contributed by atoms with van der Waals surface area (Å²) in [6.45, 7) is 0.319. The first kappa shape index (κ1) is 16.1. The largest absolute Gasteiger partial charge is 0.376 e. The molecule has 0 bridgehead atoms. The summed E-state index contributed by atoms with van der Waals surface area (Å²) in [6.07, 6.45) is 0.869. The van der Waals surface area contributed by atoms with Crippen LogP contribution in [0.15, 0.2) is 24.3 Å². The van der Waals surface area contributed by atoms with E-state index >= 15 is 0 Å². The van der Waals surface area contributed by atoms with Crippen LogP contribution in [0.2, 0.25) is 5.02 Å². The molecule has 0 saturated carbocycles. The Morgan fingerprint density at radius 2 is 2.30 bits per heavy atom. The highest BCUT2D eigenvalue weighted by molar-refractivity contribution is 7.99. The molecule has 1 atom stereocenters. The van der Waals surface area contributed by atoms with Crippen molar-refractivity contribution in [1.29, 1.82) is 0 Å². The van der Waals surface area contributed by atoms with Gasteiger partial charge in [0.15, 0.2) is 0 Å². The van der Waals surface area contributed by atoms with E-state index in [9.17, 15) is 8.42 Å². The van der Waals surface area contributed by atoms with Crippen LogP contribution in [0.1, 0.15) is 12.0 Å². The van der Waals surface area contributed by atoms with Gasteiger partial charge >= 0.3 is 0 Å². The Hall–Kier alpha value is -0.270. The van der Waals surface area contributed by atoms with Crippen LogP contribution in [-0.4, -0.2) is 39.2 Å². The van der Waals surface area contributed by atoms with Gasteiger partial charge in [-0.3, -0.25) is 0 Å². The molecule has 1 fully saturated rings. The van der Waals surface area contributed by atoms with Crippen LogP contribution in [0.25, 0.3) is 0 Å². The lowest BCUT2D eigenvalue weighted by Gasteiger charge is -2.26. The predicted octanol–water partition coefficient (Wildman–Crippen LogP) is 2.28. The van der Waals surface area contributed by atoms with E-state index in [1.807, 2.05) is 0 Å². The number of sulfonamides is 1. The van der Waals surface area contributed by atoms with Crippen LogP contribution >= 0.6 is 23.4 Å². The number of ether oxygens (including phenoxy) is 1. The maximum atomic E-state index is 12.1. The second-order valence-electron chi connectivity index (χ2n) is 4.90. The molecule has 1 heterocycles. The number of benzene rings is 1. The average Bonchev–Trinajstić information content (AvgIpc) is 2.86. The summed E-state index contributed by atoms with van der Waals surface area (Å²) in [4.78, 5) is 0. The minimum Gasteiger partial charge on any atom is -0.376 e. The Kier molecular flexibility index (Phi) is 5.36. The molecule has 0 unspecified atom stereocenters. The predicted molar refractivity (Wildman–Crippen MR) is 83.8 cm³/mol. The van der Waals surface area contributed by atoms with E-state index in [1.165, 1.54) is 0 Å². The molecule has 0 spiro atoms. The molecular weight excluding hydrogens is 318 g/mol. The molecule has 112 valence electrons. The van der Waals surface area contributed by atoms with Crippen LogP contribution in [0.5, 0.6) is 0 Å². The number of thioether (sulfide) groups is 1. The first-order valence-corrected chi connectivity index (χ1v) is 9.48. The van der Waals surface area contributed by atoms with Gasteiger partial charge in [-0.05, 0) is 29.9 Å². The molecule has 1 aliphatic heterocycles. The lowest BCUT2D eigenvalue weighted by molar-refractivity contribution is 0.0179. The molecule has 0 aliphatic carbocycles. The average molecular weight is 336 g/mol. The van der Waals surface area contributed by atoms with Gasteiger partial charge in [0.2, 0.25) is 10.0 Å². The minimum atomic E-state index is -3.38. The Morgan fingerprint density at radius 3 is 2.90 bits per heavy atom. The van der Waals surface area contributed by atoms with E-state index in [4.69, 9.17) is 16.3 Å². The summed E-state index contributed by atoms with van der Waals surface area (Å²) >= 11 is 7.65. The molecule has 1 aromatic rings. The van der Waals surface area contributed by atoms with Gasteiger partial charge in [0.25, 0.3) is 0 Å². The summed E-state index contributed by atoms with van der Waals surface area (Å²) in [5.74, 6) is 1.76. The molecule has 0 aromatic heterocycles. The summed E-state index contributed by atoms with van der Waals surface area (Å²) in [5.41, 5.74) is 0.309. The fraction of sp³-hybridized carbons (Fsp3) is 0.538. The molecule has 0 radical (unpaired) electrons. The highest BCUT2D eigenvalue weighted by Crippen LogP contribution is 2.30. The van der Waals surface area contributed by atoms with Crippen LogP contribution in [0.4, 0.5) is 0 Å². The third-order valence-electron chi connectivity index (χ3n) is 3.36. The van der Waals surface area contributed by atoms with Crippen molar-refractivity contribution < 1.29 is 13.2 Å². The van der Waals surface area contributed by atoms with Gasteiger partial charge in [-0.15, -0.1) is 0 Å². The molecule has 7 heteroatoms. The number of halogens is 1. The molecule has 4 nitrogen and oxygen atoms in total. The Labute approximate surface area is 129 Å². The highest BCUT2D eigenvalue weighted by atomic mass is 35.5. The van der Waals surface area contributed by atoms with Crippen molar-refractivity contribution >= 4 is 33.4 Å². The first-order valence-electron chi connectivity index (χ1n) is 6.29. The topological polar surface area (TPSA) is 55.4 Å². The zero-order valence-electron chi connectivity index (χ0n) is 11.3. The van der Waals surface area contributed by atoms with Crippen LogP contribution in [0, 0.1) is 0 Å². The third kappa shape index (κ3) is 4.36. The van der Waals surface area contributed by atoms with Gasteiger partial charge < -0.3 is 4.74 Å². The quantitative estimate of drug-likeness (QED) is 0.866. The Balaban J connectivity index is 1.97. The van der Waals surface area contributed by atoms with E-state index in [2.05, 4.69) is 4.72 Å². The van der Waals surface area contributed by atoms with Crippen molar-refractivity contribution in [1.82, 2.24) is 4.72 Å². The van der Waals surface area contributed by atoms with Crippen molar-refractivity contribution in [3.63, 3.8) is 0 Å². The second-order valence-corrected chi connectivity index (χ2v) is 8.25. The molecule has 1 aliphatic rings. The van der Waals surface area contributed by atoms with Gasteiger partial charge in [0, 0.05) is 24.4 Å². The van der Waals surface area contributed by atoms with Gasteiger partial charge in [-0.25, -0.2) is 13.1 Å². The number of rotatable bonds is 6. The summed E-state index contributed by atoms with van der Waals surface area (Å²) in [6, 6.07) is 6.89. The SMILES string of the molecule is CO[C@]1(CNS(=O)(=O)Cc2cccc(Cl)c2)CCSC1. The van der Waals surface area contributed by atoms with E-state index in [-0.39, 0.29) is 11.4 Å². The van der Waals surface area contributed by atoms with Crippen molar-refractivity contribution in [2.24, 2.45) is 0 Å². The molecule has 1 N–H and O–H groups in total. The zero-order chi connectivity index (χ0) is 14.6. The number of methoxy groups -OCH3 is 1. The first-order chi connectivity index (χ1) is 9.45. The fourth-order valence-corrected chi connectivity index (χ4v) is 4.91. The van der Waals surface area contributed by atoms with Crippen LogP contribution in [0.3, 0.4) is 0 Å². The van der Waals surface area contributed by atoms with E-state index in [0.717, 1.165) is 17.9 Å². The van der Waals surface area contributed by atoms with Crippen molar-refractivity contribution in [3.8, 4) is 0 Å². The minimum absolute atomic E-state index is 0.0690. The summed E-state index contributed by atoms with van der Waals surface area (Å²) in [5, 5.41) is 0.540. The fourth-order valence-electron chi connectivity index (χ4n) is 2.10. The number of hydrogen-bond acceptors (Lipinski definition) is 4. The standard InChI is InChI=1S/C13H18ClNO3S2/c1-18-13(5-6-19-10-13)9-15-20(16,17)8-11-3-2-4-12(14)7-11/h2-4,7,15H,5-6,8-10H2,1H3/t13-/m0/s1. The molecular formula is C13H18ClNO3S2. The highest BCUT2D eigenvalue weighted by Gasteiger charge is 2.35. The molecule has 20 heavy (non-hydrogen) atoms. The summed E-state index contributed by atoms with van der Waals surface area (Å²) < 4.78 is 32.4. The van der Waals surface area contributed by atoms with Crippen LogP contribution in [-0.2, 0) is 20.5 Å². The molecule has 1 aromatic carbocycles. The number of nitrogens with one attached hydrogen (secondary N) is 1. The van der Waals surface area contributed by atoms with Crippen molar-refractivity contribution in [2.75, 3.05) is 25.2 Å². The zero-order valence-corrected chi connectivity index (χ0v) is 13.7. The number of hydrogen-bond donors (Lipinski definition) is 1. The van der Waals surface area contributed by atoms with Crippen molar-refractivity contribution in [3.05, 3.63) is 34.9 Å². The molecule has 0 amide bonds. The lowest BCUT2D eigenvalue weighted by Crippen LogP contribution is -2.44. The van der Waals surface area contributed by atoms with Gasteiger partial charge in [-0.1, -0.05) is 23.7 Å². The molecule has 1 saturated heterocycles. The van der Waals surface area contributed by atoms with E-state index in [1.54, 1.807) is 43.1 Å². The van der Waals surface area contributed by atoms with E-state index in [0.29, 0.717) is 17.1 Å².